The lowest BCUT2D eigenvalue weighted by molar-refractivity contribution is 0.319. The number of ether oxygens (including phenoxy) is 1. The minimum Gasteiger partial charge on any atom is -0.493 e. The first-order valence-electron chi connectivity index (χ1n) is 5.82. The number of nitrogens with zero attached hydrogens (tertiary/aromatic N) is 2. The fourth-order valence-electron chi connectivity index (χ4n) is 1.47. The lowest BCUT2D eigenvalue weighted by Gasteiger charge is -2.06. The first kappa shape index (κ1) is 12.8. The normalized spacial score (nSPS) is 10.4. The highest BCUT2D eigenvalue weighted by Crippen LogP contribution is 2.13. The molecule has 0 aliphatic carbocycles. The van der Waals surface area contributed by atoms with Crippen LogP contribution in [0.2, 0.25) is 5.15 Å². The average molecular weight is 263 g/mol. The molecular formula is C14H15ClN2O. The summed E-state index contributed by atoms with van der Waals surface area (Å²) in [7, 11) is 0. The topological polar surface area (TPSA) is 35.0 Å². The van der Waals surface area contributed by atoms with Gasteiger partial charge >= 0.3 is 0 Å². The van der Waals surface area contributed by atoms with E-state index in [9.17, 15) is 0 Å². The molecule has 0 bridgehead atoms. The number of aromatic nitrogens is 2. The van der Waals surface area contributed by atoms with E-state index in [0.29, 0.717) is 24.0 Å². The van der Waals surface area contributed by atoms with E-state index in [1.807, 2.05) is 38.1 Å². The predicted octanol–water partition coefficient (Wildman–Crippen LogP) is 3.37. The van der Waals surface area contributed by atoms with Crippen LogP contribution in [0.3, 0.4) is 0 Å². The monoisotopic (exact) mass is 262 g/mol. The van der Waals surface area contributed by atoms with Crippen molar-refractivity contribution in [3.05, 3.63) is 52.6 Å². The molecule has 2 rings (SSSR count). The maximum Gasteiger partial charge on any atom is 0.135 e. The highest BCUT2D eigenvalue weighted by Gasteiger charge is 2.02. The molecule has 0 aliphatic rings. The third kappa shape index (κ3) is 3.44. The van der Waals surface area contributed by atoms with Gasteiger partial charge in [0.2, 0.25) is 0 Å². The predicted molar refractivity (Wildman–Crippen MR) is 72.2 cm³/mol. The molecule has 0 aliphatic heterocycles. The Bertz CT molecular complexity index is 526. The average Bonchev–Trinajstić information content (AvgIpc) is 2.36. The molecule has 1 heterocycles. The molecule has 0 N–H and O–H groups in total. The molecule has 18 heavy (non-hydrogen) atoms. The number of rotatable bonds is 4. The molecule has 1 aromatic carbocycles. The van der Waals surface area contributed by atoms with Crippen LogP contribution in [0.4, 0.5) is 0 Å². The van der Waals surface area contributed by atoms with Crippen molar-refractivity contribution in [1.29, 1.82) is 0 Å². The standard InChI is InChI=1S/C14H15ClN2O/c1-10-3-5-12(6-4-10)18-8-7-13-16-9-11(2)14(15)17-13/h3-6,9H,7-8H2,1-2H3. The Labute approximate surface area is 112 Å². The van der Waals surface area contributed by atoms with Crippen LogP contribution in [-0.4, -0.2) is 16.6 Å². The van der Waals surface area contributed by atoms with E-state index in [2.05, 4.69) is 9.97 Å². The molecule has 0 atom stereocenters. The Balaban J connectivity index is 1.88. The summed E-state index contributed by atoms with van der Waals surface area (Å²) >= 11 is 5.94. The summed E-state index contributed by atoms with van der Waals surface area (Å²) in [6, 6.07) is 7.96. The van der Waals surface area contributed by atoms with E-state index >= 15 is 0 Å². The molecule has 0 spiro atoms. The van der Waals surface area contributed by atoms with Gasteiger partial charge in [0.25, 0.3) is 0 Å². The zero-order chi connectivity index (χ0) is 13.0. The number of benzene rings is 1. The number of halogens is 1. The van der Waals surface area contributed by atoms with Gasteiger partial charge < -0.3 is 4.74 Å². The summed E-state index contributed by atoms with van der Waals surface area (Å²) in [5.74, 6) is 1.57. The number of hydrogen-bond donors (Lipinski definition) is 0. The van der Waals surface area contributed by atoms with Crippen LogP contribution in [0.1, 0.15) is 17.0 Å². The summed E-state index contributed by atoms with van der Waals surface area (Å²) in [6.07, 6.45) is 2.38. The summed E-state index contributed by atoms with van der Waals surface area (Å²) in [4.78, 5) is 8.40. The van der Waals surface area contributed by atoms with Gasteiger partial charge in [-0.05, 0) is 26.0 Å². The second-order valence-electron chi connectivity index (χ2n) is 4.17. The Morgan fingerprint density at radius 3 is 2.56 bits per heavy atom. The molecule has 4 heteroatoms. The van der Waals surface area contributed by atoms with Crippen LogP contribution in [0, 0.1) is 13.8 Å². The van der Waals surface area contributed by atoms with E-state index in [1.54, 1.807) is 6.20 Å². The third-order valence-corrected chi connectivity index (χ3v) is 2.96. The fraction of sp³-hybridized carbons (Fsp3) is 0.286. The Hall–Kier alpha value is -1.61. The summed E-state index contributed by atoms with van der Waals surface area (Å²) < 4.78 is 5.61. The molecule has 94 valence electrons. The van der Waals surface area contributed by atoms with Crippen molar-refractivity contribution >= 4 is 11.6 Å². The van der Waals surface area contributed by atoms with Crippen molar-refractivity contribution < 1.29 is 4.74 Å². The lowest BCUT2D eigenvalue weighted by Crippen LogP contribution is -2.05. The van der Waals surface area contributed by atoms with Crippen LogP contribution in [0.25, 0.3) is 0 Å². The zero-order valence-corrected chi connectivity index (χ0v) is 11.2. The van der Waals surface area contributed by atoms with Crippen LogP contribution < -0.4 is 4.74 Å². The van der Waals surface area contributed by atoms with Crippen molar-refractivity contribution in [2.24, 2.45) is 0 Å². The van der Waals surface area contributed by atoms with Gasteiger partial charge in [0.15, 0.2) is 0 Å². The van der Waals surface area contributed by atoms with Crippen LogP contribution in [-0.2, 0) is 6.42 Å². The largest absolute Gasteiger partial charge is 0.493 e. The minimum atomic E-state index is 0.510. The third-order valence-electron chi connectivity index (χ3n) is 2.58. The van der Waals surface area contributed by atoms with E-state index < -0.39 is 0 Å². The summed E-state index contributed by atoms with van der Waals surface area (Å²) in [5.41, 5.74) is 2.11. The van der Waals surface area contributed by atoms with E-state index in [4.69, 9.17) is 16.3 Å². The van der Waals surface area contributed by atoms with Crippen molar-refractivity contribution in [1.82, 2.24) is 9.97 Å². The van der Waals surface area contributed by atoms with Crippen LogP contribution in [0.5, 0.6) is 5.75 Å². The Kier molecular flexibility index (Phi) is 4.15. The molecule has 0 radical (unpaired) electrons. The molecular weight excluding hydrogens is 248 g/mol. The van der Waals surface area contributed by atoms with E-state index in [0.717, 1.165) is 11.3 Å². The highest BCUT2D eigenvalue weighted by molar-refractivity contribution is 6.30. The SMILES string of the molecule is Cc1ccc(OCCc2ncc(C)c(Cl)n2)cc1. The van der Waals surface area contributed by atoms with Crippen molar-refractivity contribution in [2.45, 2.75) is 20.3 Å². The minimum absolute atomic E-state index is 0.510. The Morgan fingerprint density at radius 1 is 1.17 bits per heavy atom. The van der Waals surface area contributed by atoms with E-state index in [1.165, 1.54) is 5.56 Å². The van der Waals surface area contributed by atoms with Gasteiger partial charge in [0.1, 0.15) is 16.7 Å². The van der Waals surface area contributed by atoms with Gasteiger partial charge in [0, 0.05) is 18.2 Å². The second kappa shape index (κ2) is 5.83. The molecule has 2 aromatic rings. The van der Waals surface area contributed by atoms with Crippen LogP contribution in [0.15, 0.2) is 30.5 Å². The lowest BCUT2D eigenvalue weighted by atomic mass is 10.2. The molecule has 0 saturated heterocycles. The van der Waals surface area contributed by atoms with E-state index in [-0.39, 0.29) is 0 Å². The molecule has 3 nitrogen and oxygen atoms in total. The molecule has 0 amide bonds. The first-order valence-corrected chi connectivity index (χ1v) is 6.20. The quantitative estimate of drug-likeness (QED) is 0.793. The highest BCUT2D eigenvalue weighted by atomic mass is 35.5. The maximum absolute atomic E-state index is 5.94. The maximum atomic E-state index is 5.94. The first-order chi connectivity index (χ1) is 8.65. The van der Waals surface area contributed by atoms with Gasteiger partial charge in [-0.3, -0.25) is 0 Å². The van der Waals surface area contributed by atoms with Gasteiger partial charge in [0.05, 0.1) is 6.61 Å². The molecule has 1 aromatic heterocycles. The summed E-state index contributed by atoms with van der Waals surface area (Å²) in [5, 5.41) is 0.510. The smallest absolute Gasteiger partial charge is 0.135 e. The number of hydrogen-bond acceptors (Lipinski definition) is 3. The van der Waals surface area contributed by atoms with Crippen molar-refractivity contribution in [3.8, 4) is 5.75 Å². The molecule has 0 saturated carbocycles. The van der Waals surface area contributed by atoms with Crippen molar-refractivity contribution in [2.75, 3.05) is 6.61 Å². The van der Waals surface area contributed by atoms with Gasteiger partial charge in [-0.2, -0.15) is 0 Å². The fourth-order valence-corrected chi connectivity index (χ4v) is 1.62. The van der Waals surface area contributed by atoms with Crippen molar-refractivity contribution in [3.63, 3.8) is 0 Å². The van der Waals surface area contributed by atoms with Crippen LogP contribution >= 0.6 is 11.6 Å². The van der Waals surface area contributed by atoms with Gasteiger partial charge in [-0.1, -0.05) is 29.3 Å². The molecule has 0 fully saturated rings. The Morgan fingerprint density at radius 2 is 1.89 bits per heavy atom. The van der Waals surface area contributed by atoms with Gasteiger partial charge in [-0.15, -0.1) is 0 Å². The number of aryl methyl sites for hydroxylation is 2. The zero-order valence-electron chi connectivity index (χ0n) is 10.5. The molecule has 0 unspecified atom stereocenters. The van der Waals surface area contributed by atoms with Gasteiger partial charge in [-0.25, -0.2) is 9.97 Å². The second-order valence-corrected chi connectivity index (χ2v) is 4.53. The summed E-state index contributed by atoms with van der Waals surface area (Å²) in [6.45, 7) is 4.48.